The molecule has 0 aliphatic rings. The summed E-state index contributed by atoms with van der Waals surface area (Å²) in [6, 6.07) is 0. The van der Waals surface area contributed by atoms with Crippen molar-refractivity contribution in [1.82, 2.24) is 0 Å². The molecule has 0 saturated heterocycles. The quantitative estimate of drug-likeness (QED) is 0.598. The van der Waals surface area contributed by atoms with Gasteiger partial charge in [-0.2, -0.15) is 0 Å². The molecule has 0 aromatic carbocycles. The summed E-state index contributed by atoms with van der Waals surface area (Å²) in [6.07, 6.45) is 0. The van der Waals surface area contributed by atoms with E-state index >= 15 is 0 Å². The van der Waals surface area contributed by atoms with Gasteiger partial charge in [-0.1, -0.05) is 0 Å². The van der Waals surface area contributed by atoms with Crippen LogP contribution in [0.4, 0.5) is 0 Å². The summed E-state index contributed by atoms with van der Waals surface area (Å²) >= 11 is 7.61. The molecule has 1 radical (unpaired) electrons. The summed E-state index contributed by atoms with van der Waals surface area (Å²) in [5.74, 6) is 0. The largest absolute Gasteiger partial charge is 0 e. The first-order chi connectivity index (χ1) is 1.91. The van der Waals surface area contributed by atoms with E-state index in [1.165, 1.54) is 0 Å². The molecule has 33 valence electrons. The maximum Gasteiger partial charge on any atom is 0 e. The monoisotopic (exact) mass is 311 g/mol. The zero-order valence-electron chi connectivity index (χ0n) is 1.99. The predicted octanol–water partition coefficient (Wildman–Crippen LogP) is -0.0125. The summed E-state index contributed by atoms with van der Waals surface area (Å²) in [5.41, 5.74) is 0. The maximum absolute atomic E-state index is 4.40. The van der Waals surface area contributed by atoms with Gasteiger partial charge in [-0.05, 0) is 0 Å². The van der Waals surface area contributed by atoms with Crippen LogP contribution in [0.5, 0.6) is 0 Å². The van der Waals surface area contributed by atoms with Crippen LogP contribution in [-0.2, 0) is 70.9 Å². The molecular formula is Cr2MoNiV. The third-order valence-electron chi connectivity index (χ3n) is 0.0215. The van der Waals surface area contributed by atoms with E-state index in [1.54, 1.807) is 0 Å². The average Bonchev–Trinajstić information content (AvgIpc) is 1.37. The fourth-order valence-corrected chi connectivity index (χ4v) is 0. The molecule has 0 spiro atoms. The van der Waals surface area contributed by atoms with Crippen LogP contribution in [0.15, 0.2) is 0 Å². The molecule has 5 heteroatoms. The first kappa shape index (κ1) is 10.7. The SMILES string of the molecule is [Cr][Mo][Cr][Ni].[V]. The summed E-state index contributed by atoms with van der Waals surface area (Å²) in [6.45, 7) is 0. The van der Waals surface area contributed by atoms with Crippen LogP contribution in [0.2, 0.25) is 0 Å². The molecule has 0 amide bonds. The minimum absolute atomic E-state index is 0. The Morgan fingerprint density at radius 3 is 2.00 bits per heavy atom. The molecule has 0 N–H and O–H groups in total. The zero-order chi connectivity index (χ0) is 3.41. The molecule has 0 atom stereocenters. The van der Waals surface area contributed by atoms with Crippen LogP contribution in [0.1, 0.15) is 0 Å². The minimum Gasteiger partial charge on any atom is 0 e. The second kappa shape index (κ2) is 9.95. The van der Waals surface area contributed by atoms with Gasteiger partial charge in [0.25, 0.3) is 0 Å². The zero-order valence-corrected chi connectivity index (χ0v) is 8.93. The first-order valence-corrected chi connectivity index (χ1v) is 10.3. The molecule has 0 aromatic rings. The van der Waals surface area contributed by atoms with Gasteiger partial charge in [-0.3, -0.25) is 0 Å². The first-order valence-electron chi connectivity index (χ1n) is 0.462. The molecule has 0 rings (SSSR count). The van der Waals surface area contributed by atoms with Gasteiger partial charge in [0.1, 0.15) is 0 Å². The van der Waals surface area contributed by atoms with Gasteiger partial charge < -0.3 is 0 Å². The minimum atomic E-state index is 0. The van der Waals surface area contributed by atoms with Gasteiger partial charge >= 0.3 is 52.3 Å². The molecule has 5 heavy (non-hydrogen) atoms. The van der Waals surface area contributed by atoms with Crippen molar-refractivity contribution in [2.75, 3.05) is 0 Å². The van der Waals surface area contributed by atoms with E-state index in [2.05, 4.69) is 27.2 Å². The Hall–Kier alpha value is 2.83. The van der Waals surface area contributed by atoms with Crippen LogP contribution < -0.4 is 0 Å². The second-order valence-corrected chi connectivity index (χ2v) is 12.1. The predicted molar refractivity (Wildman–Crippen MR) is 0 cm³/mol. The Bertz CT molecular complexity index is 11.6. The van der Waals surface area contributed by atoms with Crippen molar-refractivity contribution in [2.24, 2.45) is 0 Å². The van der Waals surface area contributed by atoms with Crippen LogP contribution in [0.25, 0.3) is 0 Å². The normalized spacial score (nSPS) is 6.00. The van der Waals surface area contributed by atoms with E-state index in [0.29, 0.717) is 10.8 Å². The molecular weight excluding hydrogens is 310 g/mol. The number of hydrogen-bond donors (Lipinski definition) is 0. The van der Waals surface area contributed by atoms with Gasteiger partial charge in [0.15, 0.2) is 0 Å². The molecule has 0 aliphatic carbocycles. The van der Waals surface area contributed by atoms with Gasteiger partial charge in [-0.25, -0.2) is 0 Å². The summed E-state index contributed by atoms with van der Waals surface area (Å²) < 4.78 is 0. The van der Waals surface area contributed by atoms with Gasteiger partial charge in [0.2, 0.25) is 0 Å². The molecule has 0 unspecified atom stereocenters. The van der Waals surface area contributed by atoms with Crippen molar-refractivity contribution in [1.29, 1.82) is 0 Å². The molecule has 0 aliphatic heterocycles. The van der Waals surface area contributed by atoms with E-state index in [0.717, 1.165) is 0 Å². The Labute approximate surface area is 69.6 Å². The third kappa shape index (κ3) is 10.9. The fourth-order valence-electron chi connectivity index (χ4n) is 0. The van der Waals surface area contributed by atoms with Crippen molar-refractivity contribution in [3.63, 3.8) is 0 Å². The smallest absolute Gasteiger partial charge is 0 e. The van der Waals surface area contributed by atoms with Crippen LogP contribution in [0.3, 0.4) is 0 Å². The Morgan fingerprint density at radius 2 is 2.00 bits per heavy atom. The summed E-state index contributed by atoms with van der Waals surface area (Å²) in [7, 11) is 0.616. The van der Waals surface area contributed by atoms with Crippen molar-refractivity contribution in [3.05, 3.63) is 0 Å². The van der Waals surface area contributed by atoms with Gasteiger partial charge in [0.05, 0.1) is 0 Å². The fraction of sp³-hybridized carbons (Fsp3) is 0. The molecule has 0 nitrogen and oxygen atoms in total. The summed E-state index contributed by atoms with van der Waals surface area (Å²) in [4.78, 5) is 0. The van der Waals surface area contributed by atoms with Crippen molar-refractivity contribution >= 4 is 0 Å². The van der Waals surface area contributed by atoms with Crippen LogP contribution in [0, 0.1) is 0 Å². The van der Waals surface area contributed by atoms with Crippen LogP contribution in [-0.4, -0.2) is 0 Å². The van der Waals surface area contributed by atoms with E-state index in [-0.39, 0.29) is 32.8 Å². The van der Waals surface area contributed by atoms with E-state index in [4.69, 9.17) is 0 Å². The number of hydrogen-bond acceptors (Lipinski definition) is 0. The van der Waals surface area contributed by atoms with Crippen molar-refractivity contribution < 1.29 is 70.9 Å². The standard InChI is InChI=1S/2Cr.Mo.Ni.V. The van der Waals surface area contributed by atoms with Gasteiger partial charge in [-0.15, -0.1) is 0 Å². The van der Waals surface area contributed by atoms with E-state index in [1.807, 2.05) is 0 Å². The maximum atomic E-state index is 4.40. The Balaban J connectivity index is 0. The number of rotatable bonds is 1. The van der Waals surface area contributed by atoms with Crippen molar-refractivity contribution in [3.8, 4) is 0 Å². The van der Waals surface area contributed by atoms with Crippen LogP contribution >= 0.6 is 0 Å². The molecule has 0 bridgehead atoms. The topological polar surface area (TPSA) is 0 Å². The van der Waals surface area contributed by atoms with Gasteiger partial charge in [0, 0.05) is 18.6 Å². The second-order valence-electron chi connectivity index (χ2n) is 0.121. The Kier molecular flexibility index (Phi) is 21.4. The average molecular weight is 310 g/mol. The Morgan fingerprint density at radius 1 is 1.80 bits per heavy atom. The van der Waals surface area contributed by atoms with E-state index in [9.17, 15) is 0 Å². The molecule has 0 saturated carbocycles. The molecule has 0 fully saturated rings. The van der Waals surface area contributed by atoms with Crippen molar-refractivity contribution in [2.45, 2.75) is 0 Å². The molecule has 0 heterocycles. The molecule has 0 aromatic heterocycles. The summed E-state index contributed by atoms with van der Waals surface area (Å²) in [5, 5.41) is 0. The van der Waals surface area contributed by atoms with E-state index < -0.39 is 0 Å². The third-order valence-corrected chi connectivity index (χ3v) is 8.92.